The Morgan fingerprint density at radius 1 is 1.00 bits per heavy atom. The van der Waals surface area contributed by atoms with E-state index in [9.17, 15) is 0 Å². The van der Waals surface area contributed by atoms with Crippen molar-refractivity contribution in [1.82, 2.24) is 0 Å². The molecule has 2 aromatic rings. The van der Waals surface area contributed by atoms with Gasteiger partial charge in [0.2, 0.25) is 0 Å². The molecular formula is C14H12Br3NO. The predicted octanol–water partition coefficient (Wildman–Crippen LogP) is 5.59. The highest BCUT2D eigenvalue weighted by Crippen LogP contribution is 2.34. The third-order valence-electron chi connectivity index (χ3n) is 2.62. The largest absolute Gasteiger partial charge is 0.494 e. The van der Waals surface area contributed by atoms with Crippen LogP contribution in [-0.4, -0.2) is 7.11 Å². The van der Waals surface area contributed by atoms with Crippen LogP contribution < -0.4 is 10.1 Å². The van der Waals surface area contributed by atoms with Gasteiger partial charge in [-0.2, -0.15) is 0 Å². The van der Waals surface area contributed by atoms with Crippen LogP contribution in [0.4, 0.5) is 5.69 Å². The van der Waals surface area contributed by atoms with Gasteiger partial charge in [-0.05, 0) is 77.6 Å². The molecule has 2 rings (SSSR count). The molecule has 0 aliphatic heterocycles. The van der Waals surface area contributed by atoms with Crippen LogP contribution in [0.15, 0.2) is 49.8 Å². The molecule has 2 aromatic carbocycles. The lowest BCUT2D eigenvalue weighted by molar-refractivity contribution is 0.409. The van der Waals surface area contributed by atoms with Crippen molar-refractivity contribution < 1.29 is 4.74 Å². The standard InChI is InChI=1S/C14H12Br3NO/c1-19-14-11(16)6-9(7-12(14)17)8-18-13-5-3-2-4-10(13)15/h2-7,18H,8H2,1H3. The summed E-state index contributed by atoms with van der Waals surface area (Å²) in [6, 6.07) is 12.2. The van der Waals surface area contributed by atoms with Gasteiger partial charge >= 0.3 is 0 Å². The maximum Gasteiger partial charge on any atom is 0.147 e. The summed E-state index contributed by atoms with van der Waals surface area (Å²) in [7, 11) is 1.66. The van der Waals surface area contributed by atoms with Gasteiger partial charge in [-0.15, -0.1) is 0 Å². The van der Waals surface area contributed by atoms with Crippen molar-refractivity contribution in [2.24, 2.45) is 0 Å². The quantitative estimate of drug-likeness (QED) is 0.656. The highest BCUT2D eigenvalue weighted by atomic mass is 79.9. The number of hydrogen-bond donors (Lipinski definition) is 1. The lowest BCUT2D eigenvalue weighted by atomic mass is 10.2. The normalized spacial score (nSPS) is 10.3. The number of rotatable bonds is 4. The van der Waals surface area contributed by atoms with Gasteiger partial charge in [-0.3, -0.25) is 0 Å². The molecule has 19 heavy (non-hydrogen) atoms. The van der Waals surface area contributed by atoms with Gasteiger partial charge < -0.3 is 10.1 Å². The van der Waals surface area contributed by atoms with E-state index in [1.807, 2.05) is 36.4 Å². The summed E-state index contributed by atoms with van der Waals surface area (Å²) < 4.78 is 8.22. The molecule has 0 radical (unpaired) electrons. The van der Waals surface area contributed by atoms with Crippen LogP contribution in [0.25, 0.3) is 0 Å². The minimum Gasteiger partial charge on any atom is -0.494 e. The number of anilines is 1. The third-order valence-corrected chi connectivity index (χ3v) is 4.49. The lowest BCUT2D eigenvalue weighted by Crippen LogP contribution is -2.00. The summed E-state index contributed by atoms with van der Waals surface area (Å²) in [4.78, 5) is 0. The van der Waals surface area contributed by atoms with Crippen LogP contribution >= 0.6 is 47.8 Å². The summed E-state index contributed by atoms with van der Waals surface area (Å²) in [6.45, 7) is 0.740. The van der Waals surface area contributed by atoms with E-state index >= 15 is 0 Å². The number of ether oxygens (including phenoxy) is 1. The smallest absolute Gasteiger partial charge is 0.147 e. The van der Waals surface area contributed by atoms with Crippen LogP contribution in [-0.2, 0) is 6.54 Å². The second-order valence-corrected chi connectivity index (χ2v) is 6.49. The summed E-state index contributed by atoms with van der Waals surface area (Å²) in [6.07, 6.45) is 0. The van der Waals surface area contributed by atoms with E-state index in [0.29, 0.717) is 0 Å². The Hall–Kier alpha value is -0.520. The number of para-hydroxylation sites is 1. The van der Waals surface area contributed by atoms with E-state index in [4.69, 9.17) is 4.74 Å². The van der Waals surface area contributed by atoms with Crippen molar-refractivity contribution in [3.8, 4) is 5.75 Å². The predicted molar refractivity (Wildman–Crippen MR) is 89.9 cm³/mol. The van der Waals surface area contributed by atoms with Crippen molar-refractivity contribution in [2.75, 3.05) is 12.4 Å². The topological polar surface area (TPSA) is 21.3 Å². The van der Waals surface area contributed by atoms with Crippen LogP contribution in [0.5, 0.6) is 5.75 Å². The Labute approximate surface area is 137 Å². The zero-order chi connectivity index (χ0) is 13.8. The van der Waals surface area contributed by atoms with E-state index in [0.717, 1.165) is 37.0 Å². The maximum atomic E-state index is 5.29. The average molecular weight is 450 g/mol. The fourth-order valence-electron chi connectivity index (χ4n) is 1.71. The Morgan fingerprint density at radius 3 is 2.21 bits per heavy atom. The minimum atomic E-state index is 0.740. The molecule has 2 nitrogen and oxygen atoms in total. The van der Waals surface area contributed by atoms with Gasteiger partial charge in [0.05, 0.1) is 16.1 Å². The van der Waals surface area contributed by atoms with Crippen molar-refractivity contribution >= 4 is 53.5 Å². The summed E-state index contributed by atoms with van der Waals surface area (Å²) in [5.41, 5.74) is 2.24. The molecule has 0 saturated heterocycles. The van der Waals surface area contributed by atoms with Gasteiger partial charge in [0.15, 0.2) is 0 Å². The maximum absolute atomic E-state index is 5.29. The number of halogens is 3. The zero-order valence-corrected chi connectivity index (χ0v) is 15.0. The molecule has 1 N–H and O–H groups in total. The highest BCUT2D eigenvalue weighted by molar-refractivity contribution is 9.11. The van der Waals surface area contributed by atoms with Gasteiger partial charge in [-0.25, -0.2) is 0 Å². The molecule has 0 aliphatic carbocycles. The molecular weight excluding hydrogens is 438 g/mol. The number of nitrogens with one attached hydrogen (secondary N) is 1. The van der Waals surface area contributed by atoms with Crippen molar-refractivity contribution in [3.63, 3.8) is 0 Å². The van der Waals surface area contributed by atoms with E-state index in [1.165, 1.54) is 0 Å². The summed E-state index contributed by atoms with van der Waals surface area (Å²) >= 11 is 10.5. The molecule has 100 valence electrons. The minimum absolute atomic E-state index is 0.740. The first-order chi connectivity index (χ1) is 9.11. The monoisotopic (exact) mass is 447 g/mol. The molecule has 0 aromatic heterocycles. The number of benzene rings is 2. The fourth-order valence-corrected chi connectivity index (χ4v) is 3.74. The molecule has 0 fully saturated rings. The summed E-state index contributed by atoms with van der Waals surface area (Å²) in [5, 5.41) is 3.39. The highest BCUT2D eigenvalue weighted by Gasteiger charge is 2.08. The lowest BCUT2D eigenvalue weighted by Gasteiger charge is -2.11. The molecule has 0 bridgehead atoms. The first-order valence-electron chi connectivity index (χ1n) is 5.62. The molecule has 0 unspecified atom stereocenters. The average Bonchev–Trinajstić information content (AvgIpc) is 2.37. The van der Waals surface area contributed by atoms with E-state index in [2.05, 4.69) is 53.1 Å². The molecule has 0 heterocycles. The van der Waals surface area contributed by atoms with Crippen molar-refractivity contribution in [3.05, 3.63) is 55.4 Å². The molecule has 0 atom stereocenters. The number of hydrogen-bond acceptors (Lipinski definition) is 2. The Morgan fingerprint density at radius 2 is 1.63 bits per heavy atom. The van der Waals surface area contributed by atoms with Crippen LogP contribution in [0.1, 0.15) is 5.56 Å². The first kappa shape index (κ1) is 14.9. The van der Waals surface area contributed by atoms with Gasteiger partial charge in [0, 0.05) is 16.7 Å². The zero-order valence-electron chi connectivity index (χ0n) is 10.2. The Bertz CT molecular complexity index is 564. The van der Waals surface area contributed by atoms with E-state index in [1.54, 1.807) is 7.11 Å². The molecule has 5 heteroatoms. The first-order valence-corrected chi connectivity index (χ1v) is 8.00. The van der Waals surface area contributed by atoms with Gasteiger partial charge in [0.1, 0.15) is 5.75 Å². The summed E-state index contributed by atoms with van der Waals surface area (Å²) in [5.74, 6) is 0.810. The molecule has 0 amide bonds. The third kappa shape index (κ3) is 3.74. The van der Waals surface area contributed by atoms with E-state index in [-0.39, 0.29) is 0 Å². The van der Waals surface area contributed by atoms with Gasteiger partial charge in [-0.1, -0.05) is 12.1 Å². The SMILES string of the molecule is COc1c(Br)cc(CNc2ccccc2Br)cc1Br. The molecule has 0 saturated carbocycles. The molecule has 0 aliphatic rings. The molecule has 0 spiro atoms. The van der Waals surface area contributed by atoms with E-state index < -0.39 is 0 Å². The Balaban J connectivity index is 2.15. The fraction of sp³-hybridized carbons (Fsp3) is 0.143. The number of methoxy groups -OCH3 is 1. The van der Waals surface area contributed by atoms with Crippen molar-refractivity contribution in [2.45, 2.75) is 6.54 Å². The van der Waals surface area contributed by atoms with Crippen LogP contribution in [0.3, 0.4) is 0 Å². The second-order valence-electron chi connectivity index (χ2n) is 3.93. The Kier molecular flexibility index (Phi) is 5.30. The van der Waals surface area contributed by atoms with Crippen LogP contribution in [0.2, 0.25) is 0 Å². The van der Waals surface area contributed by atoms with Crippen LogP contribution in [0, 0.1) is 0 Å². The van der Waals surface area contributed by atoms with Crippen molar-refractivity contribution in [1.29, 1.82) is 0 Å². The van der Waals surface area contributed by atoms with Gasteiger partial charge in [0.25, 0.3) is 0 Å². The second kappa shape index (κ2) is 6.77.